The molecule has 0 atom stereocenters. The minimum atomic E-state index is -0.510. The van der Waals surface area contributed by atoms with E-state index >= 15 is 0 Å². The van der Waals surface area contributed by atoms with Gasteiger partial charge in [-0.3, -0.25) is 4.79 Å². The van der Waals surface area contributed by atoms with Crippen molar-refractivity contribution in [3.63, 3.8) is 0 Å². The van der Waals surface area contributed by atoms with Crippen LogP contribution in [-0.2, 0) is 16.0 Å². The fourth-order valence-electron chi connectivity index (χ4n) is 3.75. The minimum Gasteiger partial charge on any atom is -0.466 e. The Kier molecular flexibility index (Phi) is 5.77. The quantitative estimate of drug-likeness (QED) is 0.736. The first kappa shape index (κ1) is 18.6. The lowest BCUT2D eigenvalue weighted by molar-refractivity contribution is -0.159. The highest BCUT2D eigenvalue weighted by Crippen LogP contribution is 2.37. The molecule has 140 valence electrons. The molecule has 0 saturated carbocycles. The Hall–Kier alpha value is -2.14. The zero-order chi connectivity index (χ0) is 18.6. The second kappa shape index (κ2) is 8.04. The number of hydrogen-bond donors (Lipinski definition) is 0. The summed E-state index contributed by atoms with van der Waals surface area (Å²) in [6, 6.07) is 10.1. The van der Waals surface area contributed by atoms with Crippen molar-refractivity contribution in [1.29, 1.82) is 0 Å². The summed E-state index contributed by atoms with van der Waals surface area (Å²) in [6.07, 6.45) is 2.13. The molecule has 0 bridgehead atoms. The maximum atomic E-state index is 12.7. The summed E-state index contributed by atoms with van der Waals surface area (Å²) in [5.41, 5.74) is 2.53. The van der Waals surface area contributed by atoms with Crippen molar-refractivity contribution in [2.75, 3.05) is 26.2 Å². The molecule has 5 nitrogen and oxygen atoms in total. The zero-order valence-corrected chi connectivity index (χ0v) is 16.0. The Balaban J connectivity index is 1.82. The molecule has 0 unspecified atom stereocenters. The first-order chi connectivity index (χ1) is 12.6. The highest BCUT2D eigenvalue weighted by Gasteiger charge is 2.43. The van der Waals surface area contributed by atoms with Gasteiger partial charge in [0.1, 0.15) is 11.5 Å². The van der Waals surface area contributed by atoms with E-state index in [-0.39, 0.29) is 5.97 Å². The monoisotopic (exact) mass is 356 g/mol. The van der Waals surface area contributed by atoms with Gasteiger partial charge in [-0.2, -0.15) is 0 Å². The average Bonchev–Trinajstić information content (AvgIpc) is 3.11. The first-order valence-corrected chi connectivity index (χ1v) is 9.49. The summed E-state index contributed by atoms with van der Waals surface area (Å²) in [5, 5.41) is 4.24. The number of nitrogens with zero attached hydrogens (tertiary/aromatic N) is 2. The van der Waals surface area contributed by atoms with E-state index in [2.05, 4.69) is 30.0 Å². The maximum absolute atomic E-state index is 12.7. The van der Waals surface area contributed by atoms with Crippen molar-refractivity contribution in [3.8, 4) is 11.3 Å². The number of rotatable bonds is 6. The van der Waals surface area contributed by atoms with Crippen LogP contribution in [0.4, 0.5) is 0 Å². The highest BCUT2D eigenvalue weighted by molar-refractivity contribution is 5.77. The van der Waals surface area contributed by atoms with E-state index < -0.39 is 5.41 Å². The number of carbonyl (C=O) groups is 1. The van der Waals surface area contributed by atoms with E-state index in [0.29, 0.717) is 13.0 Å². The number of carbonyl (C=O) groups excluding carboxylic acids is 1. The fourth-order valence-corrected chi connectivity index (χ4v) is 3.75. The van der Waals surface area contributed by atoms with Gasteiger partial charge in [0.25, 0.3) is 0 Å². The second-order valence-corrected chi connectivity index (χ2v) is 7.11. The van der Waals surface area contributed by atoms with Crippen LogP contribution >= 0.6 is 0 Å². The number of aromatic nitrogens is 1. The Labute approximate surface area is 155 Å². The highest BCUT2D eigenvalue weighted by atomic mass is 16.5. The van der Waals surface area contributed by atoms with Gasteiger partial charge in [-0.25, -0.2) is 0 Å². The number of benzene rings is 1. The van der Waals surface area contributed by atoms with E-state index in [4.69, 9.17) is 9.26 Å². The molecular formula is C21H28N2O3. The number of ether oxygens (including phenoxy) is 1. The zero-order valence-electron chi connectivity index (χ0n) is 16.0. The summed E-state index contributed by atoms with van der Waals surface area (Å²) in [6.45, 7) is 9.31. The molecule has 1 aliphatic heterocycles. The van der Waals surface area contributed by atoms with Gasteiger partial charge in [-0.05, 0) is 51.9 Å². The SMILES string of the molecule is CCOC(=O)C1(Cc2cc(-c3ccccc3C)no2)CCN(CC)CC1. The van der Waals surface area contributed by atoms with E-state index in [1.165, 1.54) is 0 Å². The molecule has 0 aliphatic carbocycles. The van der Waals surface area contributed by atoms with Crippen molar-refractivity contribution in [2.24, 2.45) is 5.41 Å². The number of likely N-dealkylation sites (tertiary alicyclic amines) is 1. The van der Waals surface area contributed by atoms with Crippen molar-refractivity contribution in [2.45, 2.75) is 40.0 Å². The predicted octanol–water partition coefficient (Wildman–Crippen LogP) is 3.86. The summed E-state index contributed by atoms with van der Waals surface area (Å²) in [4.78, 5) is 15.1. The molecule has 5 heteroatoms. The van der Waals surface area contributed by atoms with Gasteiger partial charge in [-0.15, -0.1) is 0 Å². The molecule has 3 rings (SSSR count). The Morgan fingerprint density at radius 3 is 2.65 bits per heavy atom. The third-order valence-corrected chi connectivity index (χ3v) is 5.46. The Morgan fingerprint density at radius 1 is 1.27 bits per heavy atom. The second-order valence-electron chi connectivity index (χ2n) is 7.11. The smallest absolute Gasteiger partial charge is 0.312 e. The molecule has 0 amide bonds. The summed E-state index contributed by atoms with van der Waals surface area (Å²) >= 11 is 0. The van der Waals surface area contributed by atoms with Crippen molar-refractivity contribution >= 4 is 5.97 Å². The number of hydrogen-bond acceptors (Lipinski definition) is 5. The van der Waals surface area contributed by atoms with Crippen LogP contribution in [0.3, 0.4) is 0 Å². The van der Waals surface area contributed by atoms with Crippen LogP contribution in [0.5, 0.6) is 0 Å². The molecule has 1 fully saturated rings. The largest absolute Gasteiger partial charge is 0.466 e. The van der Waals surface area contributed by atoms with Gasteiger partial charge in [0, 0.05) is 18.1 Å². The van der Waals surface area contributed by atoms with E-state index in [0.717, 1.165) is 55.1 Å². The lowest BCUT2D eigenvalue weighted by Gasteiger charge is -2.39. The van der Waals surface area contributed by atoms with Crippen LogP contribution in [0, 0.1) is 12.3 Å². The lowest BCUT2D eigenvalue weighted by atomic mass is 9.75. The number of piperidine rings is 1. The summed E-state index contributed by atoms with van der Waals surface area (Å²) < 4.78 is 11.0. The Morgan fingerprint density at radius 2 is 2.00 bits per heavy atom. The van der Waals surface area contributed by atoms with E-state index in [1.807, 2.05) is 31.2 Å². The van der Waals surface area contributed by atoms with Gasteiger partial charge in [0.15, 0.2) is 0 Å². The molecule has 1 aromatic carbocycles. The maximum Gasteiger partial charge on any atom is 0.312 e. The van der Waals surface area contributed by atoms with Gasteiger partial charge < -0.3 is 14.2 Å². The molecule has 2 aromatic rings. The molecule has 0 N–H and O–H groups in total. The standard InChI is InChI=1S/C21H28N2O3/c1-4-23-12-10-21(11-13-23,20(24)25-5-2)15-17-14-19(22-26-17)18-9-7-6-8-16(18)3/h6-9,14H,4-5,10-13,15H2,1-3H3. The summed E-state index contributed by atoms with van der Waals surface area (Å²) in [5.74, 6) is 0.644. The van der Waals surface area contributed by atoms with Crippen LogP contribution in [0.15, 0.2) is 34.9 Å². The fraction of sp³-hybridized carbons (Fsp3) is 0.524. The van der Waals surface area contributed by atoms with Crippen LogP contribution in [0.1, 0.15) is 38.0 Å². The Bertz CT molecular complexity index is 745. The average molecular weight is 356 g/mol. The molecule has 1 aliphatic rings. The lowest BCUT2D eigenvalue weighted by Crippen LogP contribution is -2.46. The minimum absolute atomic E-state index is 0.107. The number of esters is 1. The van der Waals surface area contributed by atoms with Crippen LogP contribution in [0.25, 0.3) is 11.3 Å². The molecule has 0 spiro atoms. The normalized spacial score (nSPS) is 17.2. The topological polar surface area (TPSA) is 55.6 Å². The molecule has 26 heavy (non-hydrogen) atoms. The van der Waals surface area contributed by atoms with Crippen molar-refractivity contribution in [1.82, 2.24) is 10.1 Å². The van der Waals surface area contributed by atoms with E-state index in [1.54, 1.807) is 0 Å². The number of aryl methyl sites for hydroxylation is 1. The summed E-state index contributed by atoms with van der Waals surface area (Å²) in [7, 11) is 0. The molecular weight excluding hydrogens is 328 g/mol. The van der Waals surface area contributed by atoms with Crippen molar-refractivity contribution in [3.05, 3.63) is 41.7 Å². The van der Waals surface area contributed by atoms with E-state index in [9.17, 15) is 4.79 Å². The predicted molar refractivity (Wildman–Crippen MR) is 101 cm³/mol. The van der Waals surface area contributed by atoms with Crippen LogP contribution in [-0.4, -0.2) is 42.3 Å². The van der Waals surface area contributed by atoms with Crippen LogP contribution in [0.2, 0.25) is 0 Å². The third kappa shape index (κ3) is 3.83. The van der Waals surface area contributed by atoms with Gasteiger partial charge in [0.2, 0.25) is 0 Å². The van der Waals surface area contributed by atoms with Crippen LogP contribution < -0.4 is 0 Å². The molecule has 0 radical (unpaired) electrons. The molecule has 1 saturated heterocycles. The first-order valence-electron chi connectivity index (χ1n) is 9.49. The molecule has 2 heterocycles. The van der Waals surface area contributed by atoms with Gasteiger partial charge in [-0.1, -0.05) is 36.3 Å². The van der Waals surface area contributed by atoms with Gasteiger partial charge in [0.05, 0.1) is 12.0 Å². The van der Waals surface area contributed by atoms with Gasteiger partial charge >= 0.3 is 5.97 Å². The molecule has 1 aromatic heterocycles. The third-order valence-electron chi connectivity index (χ3n) is 5.46. The van der Waals surface area contributed by atoms with Crippen molar-refractivity contribution < 1.29 is 14.1 Å².